The second-order valence-electron chi connectivity index (χ2n) is 6.12. The van der Waals surface area contributed by atoms with E-state index in [1.165, 1.54) is 23.5 Å². The zero-order valence-electron chi connectivity index (χ0n) is 15.1. The molecule has 2 aromatic heterocycles. The van der Waals surface area contributed by atoms with Crippen molar-refractivity contribution in [3.63, 3.8) is 0 Å². The van der Waals surface area contributed by atoms with Crippen LogP contribution in [0.5, 0.6) is 5.75 Å². The summed E-state index contributed by atoms with van der Waals surface area (Å²) in [5.41, 5.74) is 1.52. The molecule has 2 heterocycles. The maximum absolute atomic E-state index is 12.7. The summed E-state index contributed by atoms with van der Waals surface area (Å²) in [6.45, 7) is 0. The molecule has 0 saturated heterocycles. The predicted molar refractivity (Wildman–Crippen MR) is 102 cm³/mol. The van der Waals surface area contributed by atoms with Gasteiger partial charge in [0.1, 0.15) is 10.8 Å². The molecule has 0 N–H and O–H groups in total. The normalized spacial score (nSPS) is 11.6. The van der Waals surface area contributed by atoms with Crippen molar-refractivity contribution < 1.29 is 22.4 Å². The largest absolute Gasteiger partial charge is 0.497 e. The van der Waals surface area contributed by atoms with Crippen LogP contribution in [0, 0.1) is 0 Å². The minimum atomic E-state index is -4.38. The zero-order chi connectivity index (χ0) is 20.4. The minimum absolute atomic E-state index is 0.237. The van der Waals surface area contributed by atoms with Gasteiger partial charge >= 0.3 is 6.18 Å². The molecule has 0 aliphatic heterocycles. The molecule has 4 aromatic rings. The number of alkyl halides is 3. The Hall–Kier alpha value is -3.20. The van der Waals surface area contributed by atoms with Crippen molar-refractivity contribution in [1.82, 2.24) is 15.1 Å². The number of methoxy groups -OCH3 is 1. The van der Waals surface area contributed by atoms with Crippen LogP contribution in [0.15, 0.2) is 58.4 Å². The molecule has 0 radical (unpaired) electrons. The fraction of sp³-hybridized carbons (Fsp3) is 0.150. The molecule has 4 rings (SSSR count). The molecule has 0 aliphatic rings. The van der Waals surface area contributed by atoms with E-state index >= 15 is 0 Å². The lowest BCUT2D eigenvalue weighted by molar-refractivity contribution is -0.137. The van der Waals surface area contributed by atoms with Crippen LogP contribution in [-0.2, 0) is 12.6 Å². The molecule has 148 valence electrons. The first-order chi connectivity index (χ1) is 13.9. The summed E-state index contributed by atoms with van der Waals surface area (Å²) in [6.07, 6.45) is -4.04. The molecule has 0 spiro atoms. The van der Waals surface area contributed by atoms with Crippen molar-refractivity contribution in [1.29, 1.82) is 0 Å². The van der Waals surface area contributed by atoms with E-state index in [9.17, 15) is 13.2 Å². The van der Waals surface area contributed by atoms with Gasteiger partial charge < -0.3 is 9.26 Å². The van der Waals surface area contributed by atoms with Crippen LogP contribution in [0.3, 0.4) is 0 Å². The quantitative estimate of drug-likeness (QED) is 0.430. The van der Waals surface area contributed by atoms with E-state index in [0.717, 1.165) is 34.1 Å². The number of hydrogen-bond acceptors (Lipinski definition) is 6. The number of hydrogen-bond donors (Lipinski definition) is 0. The lowest BCUT2D eigenvalue weighted by Gasteiger charge is -2.05. The highest BCUT2D eigenvalue weighted by atomic mass is 32.1. The van der Waals surface area contributed by atoms with Gasteiger partial charge in [-0.15, -0.1) is 11.3 Å². The summed E-state index contributed by atoms with van der Waals surface area (Å²) in [7, 11) is 1.61. The second kappa shape index (κ2) is 7.67. The van der Waals surface area contributed by atoms with Crippen LogP contribution in [0.25, 0.3) is 22.6 Å². The Labute approximate surface area is 167 Å². The highest BCUT2D eigenvalue weighted by Crippen LogP contribution is 2.30. The smallest absolute Gasteiger partial charge is 0.416 e. The van der Waals surface area contributed by atoms with Gasteiger partial charge in [0.05, 0.1) is 24.8 Å². The Kier molecular flexibility index (Phi) is 5.06. The van der Waals surface area contributed by atoms with Gasteiger partial charge in [-0.05, 0) is 36.4 Å². The number of aromatic nitrogens is 3. The number of benzene rings is 2. The molecule has 9 heteroatoms. The molecule has 0 fully saturated rings. The van der Waals surface area contributed by atoms with E-state index in [1.807, 2.05) is 29.6 Å². The summed E-state index contributed by atoms with van der Waals surface area (Å²) in [5, 5.41) is 6.58. The van der Waals surface area contributed by atoms with Crippen molar-refractivity contribution in [2.75, 3.05) is 7.11 Å². The average molecular weight is 417 g/mol. The van der Waals surface area contributed by atoms with Gasteiger partial charge in [0.15, 0.2) is 0 Å². The standard InChI is InChI=1S/C20H14F3N3O2S/c1-27-15-8-4-12(5-9-15)16-11-29-18(24-16)10-17-25-19(26-28-17)13-2-6-14(7-3-13)20(21,22)23/h2-9,11H,10H2,1H3. The Balaban J connectivity index is 1.47. The molecule has 0 unspecified atom stereocenters. The summed E-state index contributed by atoms with van der Waals surface area (Å²) >= 11 is 1.46. The van der Waals surface area contributed by atoms with Crippen LogP contribution in [0.4, 0.5) is 13.2 Å². The molecule has 0 aliphatic carbocycles. The Morgan fingerprint density at radius 2 is 1.66 bits per heavy atom. The third-order valence-corrected chi connectivity index (χ3v) is 5.03. The van der Waals surface area contributed by atoms with Gasteiger partial charge in [0.25, 0.3) is 0 Å². The Morgan fingerprint density at radius 3 is 2.31 bits per heavy atom. The summed E-state index contributed by atoms with van der Waals surface area (Å²) in [4.78, 5) is 8.84. The monoisotopic (exact) mass is 417 g/mol. The molecule has 0 saturated carbocycles. The van der Waals surface area contributed by atoms with Gasteiger partial charge in [0, 0.05) is 16.5 Å². The highest BCUT2D eigenvalue weighted by molar-refractivity contribution is 7.10. The molecule has 2 aromatic carbocycles. The first kappa shape index (κ1) is 19.1. The van der Waals surface area contributed by atoms with Gasteiger partial charge in [-0.3, -0.25) is 0 Å². The van der Waals surface area contributed by atoms with Crippen LogP contribution < -0.4 is 4.74 Å². The maximum Gasteiger partial charge on any atom is 0.416 e. The van der Waals surface area contributed by atoms with Gasteiger partial charge in [0.2, 0.25) is 11.7 Å². The summed E-state index contributed by atoms with van der Waals surface area (Å²) in [5.74, 6) is 1.35. The molecular formula is C20H14F3N3O2S. The van der Waals surface area contributed by atoms with Crippen LogP contribution in [0.1, 0.15) is 16.5 Å². The topological polar surface area (TPSA) is 61.0 Å². The lowest BCUT2D eigenvalue weighted by atomic mass is 10.1. The van der Waals surface area contributed by atoms with Crippen LogP contribution in [0.2, 0.25) is 0 Å². The number of ether oxygens (including phenoxy) is 1. The average Bonchev–Trinajstić information content (AvgIpc) is 3.38. The van der Waals surface area contributed by atoms with Crippen molar-refractivity contribution >= 4 is 11.3 Å². The van der Waals surface area contributed by atoms with Crippen molar-refractivity contribution in [3.05, 3.63) is 70.4 Å². The van der Waals surface area contributed by atoms with E-state index in [1.54, 1.807) is 7.11 Å². The molecule has 29 heavy (non-hydrogen) atoms. The van der Waals surface area contributed by atoms with Crippen molar-refractivity contribution in [3.8, 4) is 28.4 Å². The van der Waals surface area contributed by atoms with Gasteiger partial charge in [-0.2, -0.15) is 18.2 Å². The fourth-order valence-electron chi connectivity index (χ4n) is 2.67. The summed E-state index contributed by atoms with van der Waals surface area (Å²) < 4.78 is 48.4. The summed E-state index contributed by atoms with van der Waals surface area (Å²) in [6, 6.07) is 12.2. The molecule has 0 atom stereocenters. The first-order valence-electron chi connectivity index (χ1n) is 8.51. The van der Waals surface area contributed by atoms with Crippen molar-refractivity contribution in [2.45, 2.75) is 12.6 Å². The van der Waals surface area contributed by atoms with Crippen LogP contribution in [-0.4, -0.2) is 22.2 Å². The first-order valence-corrected chi connectivity index (χ1v) is 9.39. The second-order valence-corrected chi connectivity index (χ2v) is 7.06. The Morgan fingerprint density at radius 1 is 0.966 bits per heavy atom. The number of rotatable bonds is 5. The lowest BCUT2D eigenvalue weighted by Crippen LogP contribution is -2.04. The number of thiazole rings is 1. The number of halogens is 3. The molecule has 5 nitrogen and oxygen atoms in total. The molecular weight excluding hydrogens is 403 g/mol. The highest BCUT2D eigenvalue weighted by Gasteiger charge is 2.30. The van der Waals surface area contributed by atoms with Crippen molar-refractivity contribution in [2.24, 2.45) is 0 Å². The molecule has 0 bridgehead atoms. The SMILES string of the molecule is COc1ccc(-c2csc(Cc3nc(-c4ccc(C(F)(F)F)cc4)no3)n2)cc1. The van der Waals surface area contributed by atoms with Crippen LogP contribution >= 0.6 is 11.3 Å². The predicted octanol–water partition coefficient (Wildman–Crippen LogP) is 5.48. The van der Waals surface area contributed by atoms with E-state index in [-0.39, 0.29) is 5.82 Å². The molecule has 0 amide bonds. The van der Waals surface area contributed by atoms with E-state index in [2.05, 4.69) is 15.1 Å². The minimum Gasteiger partial charge on any atom is -0.497 e. The van der Waals surface area contributed by atoms with E-state index in [4.69, 9.17) is 9.26 Å². The third kappa shape index (κ3) is 4.29. The maximum atomic E-state index is 12.7. The zero-order valence-corrected chi connectivity index (χ0v) is 15.9. The van der Waals surface area contributed by atoms with E-state index in [0.29, 0.717) is 17.9 Å². The number of nitrogens with zero attached hydrogens (tertiary/aromatic N) is 3. The fourth-order valence-corrected chi connectivity index (χ4v) is 3.46. The van der Waals surface area contributed by atoms with Gasteiger partial charge in [-0.1, -0.05) is 17.3 Å². The van der Waals surface area contributed by atoms with E-state index < -0.39 is 11.7 Å². The van der Waals surface area contributed by atoms with Gasteiger partial charge in [-0.25, -0.2) is 4.98 Å². The third-order valence-electron chi connectivity index (χ3n) is 4.18. The Bertz CT molecular complexity index is 1100.